The normalized spacial score (nSPS) is 15.5. The van der Waals surface area contributed by atoms with Crippen molar-refractivity contribution in [2.75, 3.05) is 0 Å². The molecule has 180 valence electrons. The van der Waals surface area contributed by atoms with E-state index < -0.39 is 8.07 Å². The molecular weight excluding hydrogens is 400 g/mol. The zero-order valence-corrected chi connectivity index (χ0v) is 22.8. The van der Waals surface area contributed by atoms with E-state index in [0.29, 0.717) is 0 Å². The maximum atomic E-state index is 2.62. The lowest BCUT2D eigenvalue weighted by molar-refractivity contribution is 0.531. The van der Waals surface area contributed by atoms with Crippen LogP contribution in [-0.4, -0.2) is 8.07 Å². The minimum absolute atomic E-state index is 1.20. The number of benzene rings is 1. The van der Waals surface area contributed by atoms with Gasteiger partial charge in [-0.2, -0.15) is 0 Å². The summed E-state index contributed by atoms with van der Waals surface area (Å²) in [5, 5.41) is 3.42. The van der Waals surface area contributed by atoms with Crippen molar-refractivity contribution < 1.29 is 0 Å². The van der Waals surface area contributed by atoms with E-state index in [9.17, 15) is 0 Å². The summed E-state index contributed by atoms with van der Waals surface area (Å²) >= 11 is 0. The molecule has 0 aliphatic heterocycles. The van der Waals surface area contributed by atoms with Crippen molar-refractivity contribution in [1.82, 2.24) is 0 Å². The van der Waals surface area contributed by atoms with E-state index in [4.69, 9.17) is 0 Å². The molecular formula is C31H52Si. The Morgan fingerprint density at radius 2 is 1.12 bits per heavy atom. The molecule has 0 amide bonds. The minimum Gasteiger partial charge on any atom is -0.0806 e. The molecule has 0 heterocycles. The fraction of sp³-hybridized carbons (Fsp3) is 0.677. The molecule has 0 saturated carbocycles. The van der Waals surface area contributed by atoms with Crippen molar-refractivity contribution in [3.63, 3.8) is 0 Å². The first-order valence-corrected chi connectivity index (χ1v) is 16.8. The summed E-state index contributed by atoms with van der Waals surface area (Å²) in [6, 6.07) is 12.9. The van der Waals surface area contributed by atoms with E-state index in [1.54, 1.807) is 16.0 Å². The van der Waals surface area contributed by atoms with Crippen molar-refractivity contribution in [2.45, 2.75) is 136 Å². The highest BCUT2D eigenvalue weighted by molar-refractivity contribution is 6.96. The van der Waals surface area contributed by atoms with Crippen LogP contribution in [0.2, 0.25) is 12.6 Å². The third kappa shape index (κ3) is 9.82. The molecule has 32 heavy (non-hydrogen) atoms. The summed E-state index contributed by atoms with van der Waals surface area (Å²) in [4.78, 5) is 0. The lowest BCUT2D eigenvalue weighted by Gasteiger charge is -2.31. The molecule has 0 radical (unpaired) electrons. The van der Waals surface area contributed by atoms with Gasteiger partial charge in [-0.15, -0.1) is 0 Å². The molecule has 1 aromatic carbocycles. The van der Waals surface area contributed by atoms with Crippen LogP contribution in [0.25, 0.3) is 0 Å². The molecule has 1 aliphatic rings. The van der Waals surface area contributed by atoms with Crippen LogP contribution in [0.3, 0.4) is 0 Å². The highest BCUT2D eigenvalue weighted by Gasteiger charge is 2.34. The quantitative estimate of drug-likeness (QED) is 0.145. The van der Waals surface area contributed by atoms with E-state index in [0.717, 1.165) is 0 Å². The Labute approximate surface area is 202 Å². The van der Waals surface area contributed by atoms with Gasteiger partial charge in [0.15, 0.2) is 0 Å². The van der Waals surface area contributed by atoms with E-state index in [-0.39, 0.29) is 0 Å². The molecule has 1 aliphatic carbocycles. The highest BCUT2D eigenvalue weighted by Crippen LogP contribution is 2.32. The molecule has 0 saturated heterocycles. The van der Waals surface area contributed by atoms with Gasteiger partial charge in [-0.05, 0) is 19.4 Å². The van der Waals surface area contributed by atoms with Crippen molar-refractivity contribution in [1.29, 1.82) is 0 Å². The molecule has 1 atom stereocenters. The second-order valence-electron chi connectivity index (χ2n) is 10.5. The molecule has 0 N–H and O–H groups in total. The minimum atomic E-state index is -1.55. The molecule has 1 aromatic rings. The zero-order chi connectivity index (χ0) is 22.9. The van der Waals surface area contributed by atoms with Crippen molar-refractivity contribution >= 4 is 13.3 Å². The van der Waals surface area contributed by atoms with Crippen molar-refractivity contribution in [2.24, 2.45) is 0 Å². The van der Waals surface area contributed by atoms with Crippen LogP contribution in [-0.2, 0) is 0 Å². The Hall–Kier alpha value is -1.08. The van der Waals surface area contributed by atoms with E-state index in [2.05, 4.69) is 62.9 Å². The maximum Gasteiger partial charge on any atom is 0.111 e. The van der Waals surface area contributed by atoms with Gasteiger partial charge >= 0.3 is 0 Å². The first-order chi connectivity index (χ1) is 15.7. The fourth-order valence-corrected chi connectivity index (χ4v) is 9.92. The van der Waals surface area contributed by atoms with Gasteiger partial charge in [-0.25, -0.2) is 0 Å². The van der Waals surface area contributed by atoms with E-state index in [1.807, 2.05) is 0 Å². The van der Waals surface area contributed by atoms with E-state index in [1.165, 1.54) is 115 Å². The predicted octanol–water partition coefficient (Wildman–Crippen LogP) is 10.0. The summed E-state index contributed by atoms with van der Waals surface area (Å²) < 4.78 is 0. The second kappa shape index (κ2) is 16.5. The number of hydrogen-bond donors (Lipinski definition) is 0. The van der Waals surface area contributed by atoms with Crippen LogP contribution in [0.4, 0.5) is 0 Å². The number of hydrogen-bond acceptors (Lipinski definition) is 0. The lowest BCUT2D eigenvalue weighted by atomic mass is 10.0. The second-order valence-corrected chi connectivity index (χ2v) is 14.9. The Balaban J connectivity index is 1.52. The fourth-order valence-electron chi connectivity index (χ4n) is 5.58. The van der Waals surface area contributed by atoms with Crippen molar-refractivity contribution in [3.8, 4) is 0 Å². The van der Waals surface area contributed by atoms with Crippen LogP contribution in [0.15, 0.2) is 53.3 Å². The standard InChI is InChI=1S/C31H52Si/c1-4-5-6-7-8-9-10-11-12-13-14-15-16-17-18-22-28-32(3,30-25-20-19-21-26-30)31-27-23-24-29(31)2/h19-21,23-26H,4-18,22,27-28H2,1-3H3. The largest absolute Gasteiger partial charge is 0.111 e. The zero-order valence-electron chi connectivity index (χ0n) is 21.8. The van der Waals surface area contributed by atoms with Gasteiger partial charge in [0.2, 0.25) is 0 Å². The van der Waals surface area contributed by atoms with Gasteiger partial charge in [0.25, 0.3) is 0 Å². The van der Waals surface area contributed by atoms with Crippen LogP contribution in [0.1, 0.15) is 123 Å². The molecule has 2 rings (SSSR count). The summed E-state index contributed by atoms with van der Waals surface area (Å²) in [5.41, 5.74) is 1.56. The number of allylic oxidation sites excluding steroid dienone is 4. The predicted molar refractivity (Wildman–Crippen MR) is 149 cm³/mol. The summed E-state index contributed by atoms with van der Waals surface area (Å²) in [7, 11) is -1.55. The maximum absolute atomic E-state index is 2.62. The Kier molecular flexibility index (Phi) is 14.0. The molecule has 0 spiro atoms. The number of rotatable bonds is 19. The van der Waals surface area contributed by atoms with Gasteiger partial charge in [-0.1, -0.05) is 175 Å². The van der Waals surface area contributed by atoms with Crippen LogP contribution >= 0.6 is 0 Å². The molecule has 1 heteroatoms. The molecule has 0 nitrogen and oxygen atoms in total. The van der Waals surface area contributed by atoms with Gasteiger partial charge in [0.1, 0.15) is 8.07 Å². The summed E-state index contributed by atoms with van der Waals surface area (Å²) in [5.74, 6) is 0. The van der Waals surface area contributed by atoms with Gasteiger partial charge in [-0.3, -0.25) is 0 Å². The average molecular weight is 453 g/mol. The first kappa shape index (κ1) is 27.2. The summed E-state index contributed by atoms with van der Waals surface area (Å²) in [6.07, 6.45) is 29.1. The number of unbranched alkanes of at least 4 members (excludes halogenated alkanes) is 15. The molecule has 0 aromatic heterocycles. The topological polar surface area (TPSA) is 0 Å². The Morgan fingerprint density at radius 3 is 1.56 bits per heavy atom. The molecule has 1 unspecified atom stereocenters. The van der Waals surface area contributed by atoms with Gasteiger partial charge < -0.3 is 0 Å². The van der Waals surface area contributed by atoms with Gasteiger partial charge in [0, 0.05) is 0 Å². The third-order valence-corrected chi connectivity index (χ3v) is 12.7. The summed E-state index contributed by atoms with van der Waals surface area (Å²) in [6.45, 7) is 7.26. The van der Waals surface area contributed by atoms with Crippen molar-refractivity contribution in [3.05, 3.63) is 53.3 Å². The SMILES string of the molecule is CCCCCCCCCCCCCCCCCC[Si](C)(C1=C(C)C=CC1)c1ccccc1. The first-order valence-electron chi connectivity index (χ1n) is 14.1. The smallest absolute Gasteiger partial charge is 0.0806 e. The Bertz CT molecular complexity index is 656. The molecule has 0 bridgehead atoms. The third-order valence-electron chi connectivity index (χ3n) is 7.77. The van der Waals surface area contributed by atoms with Gasteiger partial charge in [0.05, 0.1) is 0 Å². The van der Waals surface area contributed by atoms with Crippen LogP contribution in [0, 0.1) is 0 Å². The van der Waals surface area contributed by atoms with Crippen LogP contribution in [0.5, 0.6) is 0 Å². The molecule has 0 fully saturated rings. The van der Waals surface area contributed by atoms with Crippen LogP contribution < -0.4 is 5.19 Å². The lowest BCUT2D eigenvalue weighted by Crippen LogP contribution is -2.47. The Morgan fingerprint density at radius 1 is 0.656 bits per heavy atom. The average Bonchev–Trinajstić information content (AvgIpc) is 3.25. The monoisotopic (exact) mass is 452 g/mol. The highest BCUT2D eigenvalue weighted by atomic mass is 28.3. The van der Waals surface area contributed by atoms with E-state index >= 15 is 0 Å².